The highest BCUT2D eigenvalue weighted by atomic mass is 32.1. The first-order valence-corrected chi connectivity index (χ1v) is 11.7. The van der Waals surface area contributed by atoms with Crippen molar-refractivity contribution in [2.24, 2.45) is 0 Å². The van der Waals surface area contributed by atoms with E-state index < -0.39 is 6.04 Å². The predicted molar refractivity (Wildman–Crippen MR) is 129 cm³/mol. The van der Waals surface area contributed by atoms with Gasteiger partial charge in [0.2, 0.25) is 11.8 Å². The molecule has 7 nitrogen and oxygen atoms in total. The summed E-state index contributed by atoms with van der Waals surface area (Å²) >= 11 is 1.51. The van der Waals surface area contributed by atoms with E-state index in [1.807, 2.05) is 41.8 Å². The molecule has 1 aromatic carbocycles. The number of amides is 2. The zero-order valence-corrected chi connectivity index (χ0v) is 19.5. The van der Waals surface area contributed by atoms with Crippen LogP contribution < -0.4 is 10.1 Å². The normalized spacial score (nSPS) is 11.6. The molecule has 0 saturated carbocycles. The first-order valence-electron chi connectivity index (χ1n) is 10.8. The number of benzene rings is 1. The number of nitrogens with zero attached hydrogens (tertiary/aromatic N) is 2. The highest BCUT2D eigenvalue weighted by Gasteiger charge is 2.32. The number of thiophene rings is 1. The van der Waals surface area contributed by atoms with E-state index >= 15 is 0 Å². The van der Waals surface area contributed by atoms with Crippen LogP contribution in [0.15, 0.2) is 89.1 Å². The fraction of sp³-hybridized carbons (Fsp3) is 0.192. The van der Waals surface area contributed by atoms with Crippen LogP contribution in [0.2, 0.25) is 0 Å². The number of hydrogen-bond donors (Lipinski definition) is 1. The van der Waals surface area contributed by atoms with Gasteiger partial charge in [0, 0.05) is 23.8 Å². The highest BCUT2D eigenvalue weighted by molar-refractivity contribution is 7.10. The van der Waals surface area contributed by atoms with Crippen LogP contribution in [-0.4, -0.2) is 28.8 Å². The van der Waals surface area contributed by atoms with Gasteiger partial charge in [-0.3, -0.25) is 14.6 Å². The van der Waals surface area contributed by atoms with Crippen LogP contribution in [-0.2, 0) is 29.1 Å². The first kappa shape index (κ1) is 23.3. The second-order valence-corrected chi connectivity index (χ2v) is 8.64. The summed E-state index contributed by atoms with van der Waals surface area (Å²) in [4.78, 5) is 33.6. The first-order chi connectivity index (χ1) is 16.6. The maximum Gasteiger partial charge on any atom is 0.247 e. The lowest BCUT2D eigenvalue weighted by molar-refractivity contribution is -0.141. The summed E-state index contributed by atoms with van der Waals surface area (Å²) in [5.74, 6) is 0.892. The fourth-order valence-electron chi connectivity index (χ4n) is 3.61. The number of rotatable bonds is 10. The Morgan fingerprint density at radius 3 is 2.53 bits per heavy atom. The third-order valence-corrected chi connectivity index (χ3v) is 6.22. The molecule has 3 heterocycles. The van der Waals surface area contributed by atoms with E-state index in [-0.39, 0.29) is 24.8 Å². The Bertz CT molecular complexity index is 1180. The van der Waals surface area contributed by atoms with Crippen molar-refractivity contribution in [1.82, 2.24) is 15.2 Å². The number of pyridine rings is 1. The van der Waals surface area contributed by atoms with Crippen molar-refractivity contribution in [3.8, 4) is 5.75 Å². The van der Waals surface area contributed by atoms with Crippen molar-refractivity contribution in [2.75, 3.05) is 7.11 Å². The smallest absolute Gasteiger partial charge is 0.247 e. The SMILES string of the molecule is COc1ccc(CNC(=O)[C@@H](c2ccncc2)N(Cc2ccco2)C(=O)Cc2cccs2)cc1. The van der Waals surface area contributed by atoms with Crippen molar-refractivity contribution in [3.63, 3.8) is 0 Å². The van der Waals surface area contributed by atoms with Crippen molar-refractivity contribution in [1.29, 1.82) is 0 Å². The number of aromatic nitrogens is 1. The molecule has 0 spiro atoms. The van der Waals surface area contributed by atoms with Gasteiger partial charge < -0.3 is 19.4 Å². The van der Waals surface area contributed by atoms with E-state index in [4.69, 9.17) is 9.15 Å². The summed E-state index contributed by atoms with van der Waals surface area (Å²) in [7, 11) is 1.61. The molecule has 8 heteroatoms. The van der Waals surface area contributed by atoms with Crippen LogP contribution in [0, 0.1) is 0 Å². The molecule has 3 aromatic heterocycles. The van der Waals surface area contributed by atoms with E-state index in [0.717, 1.165) is 16.2 Å². The van der Waals surface area contributed by atoms with Crippen LogP contribution in [0.4, 0.5) is 0 Å². The molecular formula is C26H25N3O4S. The molecule has 1 atom stereocenters. The van der Waals surface area contributed by atoms with Gasteiger partial charge in [-0.05, 0) is 59.0 Å². The summed E-state index contributed by atoms with van der Waals surface area (Å²) in [5.41, 5.74) is 1.60. The summed E-state index contributed by atoms with van der Waals surface area (Å²) < 4.78 is 10.7. The van der Waals surface area contributed by atoms with E-state index in [1.54, 1.807) is 54.9 Å². The lowest BCUT2D eigenvalue weighted by Gasteiger charge is -2.30. The van der Waals surface area contributed by atoms with E-state index in [9.17, 15) is 9.59 Å². The maximum absolute atomic E-state index is 13.5. The molecule has 0 bridgehead atoms. The Morgan fingerprint density at radius 2 is 1.88 bits per heavy atom. The number of furan rings is 1. The molecule has 0 fully saturated rings. The van der Waals surface area contributed by atoms with Crippen LogP contribution in [0.1, 0.15) is 27.8 Å². The molecular weight excluding hydrogens is 450 g/mol. The highest BCUT2D eigenvalue weighted by Crippen LogP contribution is 2.25. The fourth-order valence-corrected chi connectivity index (χ4v) is 4.30. The zero-order valence-electron chi connectivity index (χ0n) is 18.7. The molecule has 4 aromatic rings. The Morgan fingerprint density at radius 1 is 1.09 bits per heavy atom. The minimum absolute atomic E-state index is 0.166. The van der Waals surface area contributed by atoms with Gasteiger partial charge in [-0.2, -0.15) is 0 Å². The van der Waals surface area contributed by atoms with Gasteiger partial charge in [-0.1, -0.05) is 18.2 Å². The summed E-state index contributed by atoms with van der Waals surface area (Å²) in [6.07, 6.45) is 5.00. The van der Waals surface area contributed by atoms with Gasteiger partial charge in [0.1, 0.15) is 17.6 Å². The van der Waals surface area contributed by atoms with E-state index in [2.05, 4.69) is 10.3 Å². The summed E-state index contributed by atoms with van der Waals surface area (Å²) in [5, 5.41) is 4.92. The van der Waals surface area contributed by atoms with Gasteiger partial charge in [0.25, 0.3) is 0 Å². The zero-order chi connectivity index (χ0) is 23.8. The predicted octanol–water partition coefficient (Wildman–Crippen LogP) is 4.37. The minimum Gasteiger partial charge on any atom is -0.497 e. The van der Waals surface area contributed by atoms with Crippen LogP contribution in [0.5, 0.6) is 5.75 Å². The van der Waals surface area contributed by atoms with Gasteiger partial charge in [0.15, 0.2) is 0 Å². The molecule has 1 N–H and O–H groups in total. The Kier molecular flexibility index (Phi) is 7.72. The second kappa shape index (κ2) is 11.3. The molecule has 0 unspecified atom stereocenters. The average Bonchev–Trinajstić information content (AvgIpc) is 3.58. The molecule has 0 saturated heterocycles. The van der Waals surface area contributed by atoms with Gasteiger partial charge in [-0.15, -0.1) is 11.3 Å². The largest absolute Gasteiger partial charge is 0.497 e. The van der Waals surface area contributed by atoms with E-state index in [0.29, 0.717) is 17.9 Å². The third-order valence-electron chi connectivity index (χ3n) is 5.34. The topological polar surface area (TPSA) is 84.7 Å². The standard InChI is InChI=1S/C26H25N3O4S/c1-32-21-8-6-19(7-9-21)17-28-26(31)25(20-10-12-27-13-11-20)29(18-22-4-2-14-33-22)24(30)16-23-5-3-15-34-23/h2-15,25H,16-18H2,1H3,(H,28,31)/t25-/m1/s1. The molecule has 0 aliphatic rings. The second-order valence-electron chi connectivity index (χ2n) is 7.61. The van der Waals surface area contributed by atoms with Crippen molar-refractivity contribution < 1.29 is 18.7 Å². The van der Waals surface area contributed by atoms with Crippen LogP contribution in [0.3, 0.4) is 0 Å². The number of carbonyl (C=O) groups excluding carboxylic acids is 2. The van der Waals surface area contributed by atoms with Crippen LogP contribution >= 0.6 is 11.3 Å². The quantitative estimate of drug-likeness (QED) is 0.368. The van der Waals surface area contributed by atoms with Gasteiger partial charge in [0.05, 0.1) is 26.3 Å². The lowest BCUT2D eigenvalue weighted by Crippen LogP contribution is -2.43. The summed E-state index contributed by atoms with van der Waals surface area (Å²) in [6.45, 7) is 0.484. The van der Waals surface area contributed by atoms with Crippen molar-refractivity contribution >= 4 is 23.2 Å². The number of carbonyl (C=O) groups is 2. The van der Waals surface area contributed by atoms with Gasteiger partial charge in [-0.25, -0.2) is 0 Å². The molecule has 0 aliphatic carbocycles. The number of nitrogens with one attached hydrogen (secondary N) is 1. The molecule has 4 rings (SSSR count). The van der Waals surface area contributed by atoms with Crippen molar-refractivity contribution in [3.05, 3.63) is 106 Å². The number of hydrogen-bond acceptors (Lipinski definition) is 6. The van der Waals surface area contributed by atoms with Crippen LogP contribution in [0.25, 0.3) is 0 Å². The monoisotopic (exact) mass is 475 g/mol. The molecule has 0 aliphatic heterocycles. The Balaban J connectivity index is 1.61. The maximum atomic E-state index is 13.5. The van der Waals surface area contributed by atoms with Crippen molar-refractivity contribution in [2.45, 2.75) is 25.6 Å². The van der Waals surface area contributed by atoms with Gasteiger partial charge >= 0.3 is 0 Å². The Hall–Kier alpha value is -3.91. The number of ether oxygens (including phenoxy) is 1. The average molecular weight is 476 g/mol. The molecule has 2 amide bonds. The lowest BCUT2D eigenvalue weighted by atomic mass is 10.0. The summed E-state index contributed by atoms with van der Waals surface area (Å²) in [6, 6.07) is 17.5. The molecule has 174 valence electrons. The third kappa shape index (κ3) is 5.90. The Labute approximate surface area is 202 Å². The molecule has 34 heavy (non-hydrogen) atoms. The minimum atomic E-state index is -0.848. The molecule has 0 radical (unpaired) electrons. The number of methoxy groups -OCH3 is 1. The van der Waals surface area contributed by atoms with E-state index in [1.165, 1.54) is 11.3 Å².